The van der Waals surface area contributed by atoms with Gasteiger partial charge in [-0.05, 0) is 23.9 Å². The number of pyridine rings is 1. The standard InChI is InChI=1S/C16H14N2O3S/c1-9(10-5-3-2-4-6-10)17-15(20)12-13(19)14-11(7-8-22-14)18-16(12)21/h2-9H,1H3,(H,17,20)(H2,18,19,21)/t9-/m0/s1. The molecule has 22 heavy (non-hydrogen) atoms. The fourth-order valence-electron chi connectivity index (χ4n) is 2.30. The SMILES string of the molecule is C[C@H](NC(=O)c1c(O)c2sccc2[nH]c1=O)c1ccccc1. The molecule has 3 N–H and O–H groups in total. The van der Waals surface area contributed by atoms with Gasteiger partial charge in [0.1, 0.15) is 5.56 Å². The molecule has 0 aliphatic carbocycles. The fourth-order valence-corrected chi connectivity index (χ4v) is 3.10. The van der Waals surface area contributed by atoms with Crippen molar-refractivity contribution < 1.29 is 9.90 Å². The number of aromatic amines is 1. The Balaban J connectivity index is 1.94. The maximum absolute atomic E-state index is 12.3. The van der Waals surface area contributed by atoms with E-state index in [2.05, 4.69) is 10.3 Å². The summed E-state index contributed by atoms with van der Waals surface area (Å²) in [7, 11) is 0. The number of hydrogen-bond donors (Lipinski definition) is 3. The number of benzene rings is 1. The second-order valence-corrected chi connectivity index (χ2v) is 5.86. The van der Waals surface area contributed by atoms with Gasteiger partial charge >= 0.3 is 0 Å². The number of aromatic nitrogens is 1. The topological polar surface area (TPSA) is 82.2 Å². The Morgan fingerprint density at radius 2 is 2.00 bits per heavy atom. The first-order chi connectivity index (χ1) is 10.6. The van der Waals surface area contributed by atoms with Crippen molar-refractivity contribution in [1.29, 1.82) is 0 Å². The third-order valence-corrected chi connectivity index (χ3v) is 4.39. The van der Waals surface area contributed by atoms with Gasteiger partial charge in [0.2, 0.25) is 0 Å². The average Bonchev–Trinajstić information content (AvgIpc) is 2.96. The molecule has 112 valence electrons. The molecule has 6 heteroatoms. The van der Waals surface area contributed by atoms with Crippen LogP contribution in [0.3, 0.4) is 0 Å². The third kappa shape index (κ3) is 2.48. The molecule has 1 aromatic carbocycles. The van der Waals surface area contributed by atoms with Crippen LogP contribution in [0.15, 0.2) is 46.6 Å². The molecule has 0 radical (unpaired) electrons. The summed E-state index contributed by atoms with van der Waals surface area (Å²) in [6.45, 7) is 1.82. The highest BCUT2D eigenvalue weighted by molar-refractivity contribution is 7.17. The Morgan fingerprint density at radius 1 is 1.27 bits per heavy atom. The van der Waals surface area contributed by atoms with Crippen molar-refractivity contribution in [3.63, 3.8) is 0 Å². The zero-order valence-corrected chi connectivity index (χ0v) is 12.6. The zero-order valence-electron chi connectivity index (χ0n) is 11.8. The molecule has 2 aromatic heterocycles. The monoisotopic (exact) mass is 314 g/mol. The van der Waals surface area contributed by atoms with Gasteiger partial charge in [0.05, 0.1) is 16.3 Å². The lowest BCUT2D eigenvalue weighted by molar-refractivity contribution is 0.0936. The van der Waals surface area contributed by atoms with E-state index in [1.807, 2.05) is 37.3 Å². The van der Waals surface area contributed by atoms with Crippen LogP contribution < -0.4 is 10.9 Å². The molecule has 0 unspecified atom stereocenters. The van der Waals surface area contributed by atoms with Gasteiger partial charge in [-0.15, -0.1) is 11.3 Å². The van der Waals surface area contributed by atoms with E-state index in [-0.39, 0.29) is 17.4 Å². The maximum Gasteiger partial charge on any atom is 0.265 e. The molecular formula is C16H14N2O3S. The first-order valence-electron chi connectivity index (χ1n) is 6.76. The second-order valence-electron chi connectivity index (χ2n) is 4.95. The summed E-state index contributed by atoms with van der Waals surface area (Å²) in [5.41, 5.74) is 0.600. The molecule has 0 bridgehead atoms. The summed E-state index contributed by atoms with van der Waals surface area (Å²) in [5, 5.41) is 14.7. The van der Waals surface area contributed by atoms with Gasteiger partial charge in [0.25, 0.3) is 11.5 Å². The number of thiophene rings is 1. The van der Waals surface area contributed by atoms with Crippen LogP contribution >= 0.6 is 11.3 Å². The van der Waals surface area contributed by atoms with Crippen LogP contribution in [0, 0.1) is 0 Å². The molecule has 3 aromatic rings. The summed E-state index contributed by atoms with van der Waals surface area (Å²) >= 11 is 1.27. The molecule has 0 saturated carbocycles. The number of H-pyrrole nitrogens is 1. The normalized spacial score (nSPS) is 12.2. The lowest BCUT2D eigenvalue weighted by atomic mass is 10.1. The number of aromatic hydroxyl groups is 1. The molecule has 1 amide bonds. The Labute approximate surface area is 130 Å². The van der Waals surface area contributed by atoms with Crippen molar-refractivity contribution in [2.45, 2.75) is 13.0 Å². The van der Waals surface area contributed by atoms with Crippen molar-refractivity contribution in [3.05, 3.63) is 63.3 Å². The van der Waals surface area contributed by atoms with E-state index in [0.29, 0.717) is 10.2 Å². The first-order valence-corrected chi connectivity index (χ1v) is 7.64. The summed E-state index contributed by atoms with van der Waals surface area (Å²) in [6.07, 6.45) is 0. The van der Waals surface area contributed by atoms with Crippen LogP contribution in [0.25, 0.3) is 10.2 Å². The average molecular weight is 314 g/mol. The zero-order chi connectivity index (χ0) is 15.7. The minimum Gasteiger partial charge on any atom is -0.505 e. The lowest BCUT2D eigenvalue weighted by Gasteiger charge is -2.14. The van der Waals surface area contributed by atoms with Crippen LogP contribution in [0.1, 0.15) is 28.9 Å². The van der Waals surface area contributed by atoms with Crippen molar-refractivity contribution in [2.24, 2.45) is 0 Å². The van der Waals surface area contributed by atoms with Crippen molar-refractivity contribution in [2.75, 3.05) is 0 Å². The number of carbonyl (C=O) groups is 1. The summed E-state index contributed by atoms with van der Waals surface area (Å²) in [6, 6.07) is 10.8. The van der Waals surface area contributed by atoms with Crippen LogP contribution in [-0.4, -0.2) is 16.0 Å². The third-order valence-electron chi connectivity index (χ3n) is 3.47. The van der Waals surface area contributed by atoms with Crippen LogP contribution in [0.5, 0.6) is 5.75 Å². The molecule has 3 rings (SSSR count). The highest BCUT2D eigenvalue weighted by atomic mass is 32.1. The minimum absolute atomic E-state index is 0.252. The number of nitrogens with one attached hydrogen (secondary N) is 2. The van der Waals surface area contributed by atoms with E-state index in [1.165, 1.54) is 11.3 Å². The van der Waals surface area contributed by atoms with Crippen molar-refractivity contribution >= 4 is 27.5 Å². The molecule has 2 heterocycles. The van der Waals surface area contributed by atoms with Crippen molar-refractivity contribution in [3.8, 4) is 5.75 Å². The van der Waals surface area contributed by atoms with Gasteiger partial charge in [-0.2, -0.15) is 0 Å². The minimum atomic E-state index is -0.596. The van der Waals surface area contributed by atoms with Crippen LogP contribution in [0.4, 0.5) is 0 Å². The molecule has 5 nitrogen and oxygen atoms in total. The van der Waals surface area contributed by atoms with Gasteiger partial charge in [-0.25, -0.2) is 0 Å². The predicted molar refractivity (Wildman–Crippen MR) is 86.4 cm³/mol. The first kappa shape index (κ1) is 14.3. The smallest absolute Gasteiger partial charge is 0.265 e. The summed E-state index contributed by atoms with van der Waals surface area (Å²) < 4.78 is 0.497. The molecule has 1 atom stereocenters. The molecule has 0 fully saturated rings. The highest BCUT2D eigenvalue weighted by Crippen LogP contribution is 2.29. The molecular weight excluding hydrogens is 300 g/mol. The van der Waals surface area contributed by atoms with Gasteiger partial charge in [-0.1, -0.05) is 30.3 Å². The van der Waals surface area contributed by atoms with E-state index in [0.717, 1.165) is 5.56 Å². The summed E-state index contributed by atoms with van der Waals surface area (Å²) in [4.78, 5) is 27.0. The van der Waals surface area contributed by atoms with E-state index in [4.69, 9.17) is 0 Å². The Morgan fingerprint density at radius 3 is 2.73 bits per heavy atom. The molecule has 0 spiro atoms. The number of rotatable bonds is 3. The fraction of sp³-hybridized carbons (Fsp3) is 0.125. The number of carbonyl (C=O) groups excluding carboxylic acids is 1. The molecule has 0 aliphatic heterocycles. The summed E-state index contributed by atoms with van der Waals surface area (Å²) in [5.74, 6) is -0.864. The lowest BCUT2D eigenvalue weighted by Crippen LogP contribution is -2.31. The van der Waals surface area contributed by atoms with E-state index in [1.54, 1.807) is 11.4 Å². The predicted octanol–water partition coefficient (Wildman–Crippen LogP) is 2.79. The van der Waals surface area contributed by atoms with E-state index in [9.17, 15) is 14.7 Å². The van der Waals surface area contributed by atoms with Gasteiger partial charge in [-0.3, -0.25) is 9.59 Å². The van der Waals surface area contributed by atoms with Crippen LogP contribution in [0.2, 0.25) is 0 Å². The number of fused-ring (bicyclic) bond motifs is 1. The van der Waals surface area contributed by atoms with E-state index < -0.39 is 11.5 Å². The number of amides is 1. The van der Waals surface area contributed by atoms with E-state index >= 15 is 0 Å². The molecule has 0 aliphatic rings. The molecule has 0 saturated heterocycles. The number of hydrogen-bond acceptors (Lipinski definition) is 4. The maximum atomic E-state index is 12.3. The van der Waals surface area contributed by atoms with Gasteiger partial charge in [0.15, 0.2) is 5.75 Å². The second kappa shape index (κ2) is 5.65. The Kier molecular flexibility index (Phi) is 3.68. The largest absolute Gasteiger partial charge is 0.505 e. The van der Waals surface area contributed by atoms with Gasteiger partial charge < -0.3 is 15.4 Å². The Bertz CT molecular complexity index is 883. The quantitative estimate of drug-likeness (QED) is 0.695. The van der Waals surface area contributed by atoms with Gasteiger partial charge in [0, 0.05) is 0 Å². The highest BCUT2D eigenvalue weighted by Gasteiger charge is 2.21. The van der Waals surface area contributed by atoms with Crippen LogP contribution in [-0.2, 0) is 0 Å². The van der Waals surface area contributed by atoms with Crippen molar-refractivity contribution in [1.82, 2.24) is 10.3 Å². The Hall–Kier alpha value is -2.60.